The molecule has 13 nitrogen and oxygen atoms in total. The monoisotopic (exact) mass is 587 g/mol. The summed E-state index contributed by atoms with van der Waals surface area (Å²) in [6.45, 7) is 14.1. The molecule has 0 saturated carbocycles. The zero-order valence-electron chi connectivity index (χ0n) is 24.3. The first kappa shape index (κ1) is 34.1. The molecule has 2 heterocycles. The van der Waals surface area contributed by atoms with Crippen LogP contribution in [0.2, 0.25) is 0 Å². The first-order valence-corrected chi connectivity index (χ1v) is 15.3. The van der Waals surface area contributed by atoms with Gasteiger partial charge < -0.3 is 33.6 Å². The summed E-state index contributed by atoms with van der Waals surface area (Å²) < 4.78 is 35.2. The van der Waals surface area contributed by atoms with E-state index < -0.39 is 43.6 Å². The van der Waals surface area contributed by atoms with Gasteiger partial charge in [0, 0.05) is 31.8 Å². The molecule has 0 bridgehead atoms. The van der Waals surface area contributed by atoms with Gasteiger partial charge in [0.1, 0.15) is 12.3 Å². The highest BCUT2D eigenvalue weighted by Gasteiger charge is 2.40. The number of phosphoric ester groups is 1. The molecule has 1 aliphatic heterocycles. The Labute approximate surface area is 235 Å². The van der Waals surface area contributed by atoms with Crippen molar-refractivity contribution in [3.63, 3.8) is 0 Å². The molecule has 1 amide bonds. The second-order valence-corrected chi connectivity index (χ2v) is 11.5. The van der Waals surface area contributed by atoms with Crippen molar-refractivity contribution < 1.29 is 32.8 Å². The predicted molar refractivity (Wildman–Crippen MR) is 149 cm³/mol. The molecule has 14 heteroatoms. The zero-order valence-corrected chi connectivity index (χ0v) is 25.2. The number of carbonyl (C=O) groups excluding carboxylic acids is 1. The molecule has 0 spiro atoms. The number of amides is 1. The quantitative estimate of drug-likeness (QED) is 0.203. The second-order valence-electron chi connectivity index (χ2n) is 10.2. The molecule has 1 aromatic heterocycles. The van der Waals surface area contributed by atoms with Gasteiger partial charge in [-0.15, -0.1) is 0 Å². The van der Waals surface area contributed by atoms with Gasteiger partial charge in [0.2, 0.25) is 5.91 Å². The summed E-state index contributed by atoms with van der Waals surface area (Å²) in [7, 11) is -4.67. The molecular formula is C26H44N4O9P-. The second kappa shape index (κ2) is 16.4. The standard InChI is InChI=1S/C26H45N4O9P/c1-7-12-29(13-8-2)14-11-27-23(31)10-9-20-16-30(26(33)28-25(20)32)24-15-21(22(37-24)17-36-18(3)4)39-40(34,35)38-19(5)6/h9-10,16,18-19,21-22,24H,7-8,11-15,17H2,1-6H3,(H,27,31)(H,34,35)(H,28,32,33)/p-1/b10-9+. The van der Waals surface area contributed by atoms with E-state index in [9.17, 15) is 23.8 Å². The van der Waals surface area contributed by atoms with E-state index in [0.717, 1.165) is 37.0 Å². The number of aromatic amines is 1. The normalized spacial score (nSPS) is 21.1. The fourth-order valence-corrected chi connectivity index (χ4v) is 5.35. The van der Waals surface area contributed by atoms with Crippen LogP contribution in [-0.4, -0.2) is 77.6 Å². The Balaban J connectivity index is 2.16. The van der Waals surface area contributed by atoms with Crippen molar-refractivity contribution in [1.82, 2.24) is 19.8 Å². The number of carbonyl (C=O) groups is 1. The van der Waals surface area contributed by atoms with Crippen molar-refractivity contribution in [3.8, 4) is 0 Å². The Kier molecular flexibility index (Phi) is 13.9. The molecule has 1 saturated heterocycles. The summed E-state index contributed by atoms with van der Waals surface area (Å²) in [5.41, 5.74) is -1.38. The number of rotatable bonds is 17. The minimum Gasteiger partial charge on any atom is -0.756 e. The fourth-order valence-electron chi connectivity index (χ4n) is 4.23. The summed E-state index contributed by atoms with van der Waals surface area (Å²) in [5.74, 6) is -0.377. The number of nitrogens with one attached hydrogen (secondary N) is 2. The Hall–Kier alpha value is -2.12. The van der Waals surface area contributed by atoms with Gasteiger partial charge in [-0.25, -0.2) is 4.79 Å². The molecule has 4 unspecified atom stereocenters. The molecule has 1 fully saturated rings. The number of nitrogens with zero attached hydrogens (tertiary/aromatic N) is 2. The topological polar surface area (TPSA) is 164 Å². The maximum absolute atomic E-state index is 12.6. The highest BCUT2D eigenvalue weighted by molar-refractivity contribution is 7.45. The Morgan fingerprint density at radius 2 is 1.90 bits per heavy atom. The van der Waals surface area contributed by atoms with Crippen molar-refractivity contribution in [2.45, 2.75) is 91.4 Å². The van der Waals surface area contributed by atoms with Crippen LogP contribution in [0.5, 0.6) is 0 Å². The van der Waals surface area contributed by atoms with Crippen LogP contribution in [0.25, 0.3) is 6.08 Å². The third kappa shape index (κ3) is 11.4. The third-order valence-corrected chi connectivity index (χ3v) is 7.11. The van der Waals surface area contributed by atoms with Gasteiger partial charge in [0.15, 0.2) is 0 Å². The summed E-state index contributed by atoms with van der Waals surface area (Å²) >= 11 is 0. The molecule has 0 radical (unpaired) electrons. The lowest BCUT2D eigenvalue weighted by Gasteiger charge is -2.29. The molecule has 40 heavy (non-hydrogen) atoms. The summed E-state index contributed by atoms with van der Waals surface area (Å²) in [4.78, 5) is 54.2. The molecule has 1 aromatic rings. The lowest BCUT2D eigenvalue weighted by atomic mass is 10.2. The van der Waals surface area contributed by atoms with E-state index in [4.69, 9.17) is 18.5 Å². The Morgan fingerprint density at radius 3 is 2.50 bits per heavy atom. The van der Waals surface area contributed by atoms with E-state index in [0.29, 0.717) is 6.54 Å². The van der Waals surface area contributed by atoms with Crippen molar-refractivity contribution >= 4 is 19.8 Å². The van der Waals surface area contributed by atoms with Crippen LogP contribution in [0, 0.1) is 0 Å². The van der Waals surface area contributed by atoms with Gasteiger partial charge in [0.05, 0.1) is 30.5 Å². The van der Waals surface area contributed by atoms with Gasteiger partial charge in [-0.05, 0) is 59.7 Å². The van der Waals surface area contributed by atoms with Crippen molar-refractivity contribution in [2.24, 2.45) is 0 Å². The summed E-state index contributed by atoms with van der Waals surface area (Å²) in [6.07, 6.45) is 2.27. The van der Waals surface area contributed by atoms with E-state index >= 15 is 0 Å². The maximum atomic E-state index is 12.6. The first-order valence-electron chi connectivity index (χ1n) is 13.8. The van der Waals surface area contributed by atoms with E-state index in [1.165, 1.54) is 18.3 Å². The number of hydrogen-bond donors (Lipinski definition) is 2. The first-order chi connectivity index (χ1) is 18.8. The molecule has 2 rings (SSSR count). The lowest BCUT2D eigenvalue weighted by Crippen LogP contribution is -2.35. The maximum Gasteiger partial charge on any atom is 0.330 e. The van der Waals surface area contributed by atoms with Crippen LogP contribution in [0.1, 0.15) is 72.6 Å². The van der Waals surface area contributed by atoms with Gasteiger partial charge in [0.25, 0.3) is 13.4 Å². The van der Waals surface area contributed by atoms with Gasteiger partial charge in [-0.1, -0.05) is 13.8 Å². The zero-order chi connectivity index (χ0) is 29.9. The number of phosphoric acid groups is 1. The van der Waals surface area contributed by atoms with Crippen LogP contribution in [-0.2, 0) is 27.9 Å². The van der Waals surface area contributed by atoms with Crippen LogP contribution in [0.15, 0.2) is 21.9 Å². The van der Waals surface area contributed by atoms with Gasteiger partial charge >= 0.3 is 5.69 Å². The molecule has 0 aromatic carbocycles. The van der Waals surface area contributed by atoms with Crippen LogP contribution >= 0.6 is 7.82 Å². The minimum atomic E-state index is -4.67. The van der Waals surface area contributed by atoms with Crippen molar-refractivity contribution in [1.29, 1.82) is 0 Å². The van der Waals surface area contributed by atoms with E-state index in [1.54, 1.807) is 13.8 Å². The van der Waals surface area contributed by atoms with E-state index in [2.05, 4.69) is 29.0 Å². The van der Waals surface area contributed by atoms with Crippen molar-refractivity contribution in [2.75, 3.05) is 32.8 Å². The third-order valence-electron chi connectivity index (χ3n) is 5.91. The molecule has 2 N–H and O–H groups in total. The molecule has 4 atom stereocenters. The molecule has 228 valence electrons. The largest absolute Gasteiger partial charge is 0.756 e. The van der Waals surface area contributed by atoms with E-state index in [-0.39, 0.29) is 30.6 Å². The Morgan fingerprint density at radius 1 is 1.23 bits per heavy atom. The molecule has 0 aliphatic carbocycles. The highest BCUT2D eigenvalue weighted by atomic mass is 31.2. The molecular weight excluding hydrogens is 543 g/mol. The summed E-state index contributed by atoms with van der Waals surface area (Å²) in [5, 5.41) is 2.80. The van der Waals surface area contributed by atoms with Crippen LogP contribution in [0.3, 0.4) is 0 Å². The SMILES string of the molecule is CCCN(CCC)CCNC(=O)/C=C/c1cn(C2CC(OP(=O)([O-])OC(C)C)C(COC(C)C)O2)c(=O)[nH]c1=O. The van der Waals surface area contributed by atoms with Crippen LogP contribution in [0.4, 0.5) is 0 Å². The lowest BCUT2D eigenvalue weighted by molar-refractivity contribution is -0.234. The summed E-state index contributed by atoms with van der Waals surface area (Å²) in [6, 6.07) is 0. The van der Waals surface area contributed by atoms with Gasteiger partial charge in [-0.3, -0.25) is 23.7 Å². The smallest absolute Gasteiger partial charge is 0.330 e. The predicted octanol–water partition coefficient (Wildman–Crippen LogP) is 1.78. The number of H-pyrrole nitrogens is 1. The number of ether oxygens (including phenoxy) is 2. The van der Waals surface area contributed by atoms with Gasteiger partial charge in [-0.2, -0.15) is 0 Å². The number of aromatic nitrogens is 2. The number of hydrogen-bond acceptors (Lipinski definition) is 10. The average Bonchev–Trinajstić information content (AvgIpc) is 3.22. The minimum absolute atomic E-state index is 0.0134. The average molecular weight is 588 g/mol. The van der Waals surface area contributed by atoms with E-state index in [1.807, 2.05) is 13.8 Å². The van der Waals surface area contributed by atoms with Crippen molar-refractivity contribution in [3.05, 3.63) is 38.7 Å². The van der Waals surface area contributed by atoms with Crippen LogP contribution < -0.4 is 21.5 Å². The Bertz CT molecular complexity index is 1130. The molecule has 1 aliphatic rings. The fraction of sp³-hybridized carbons (Fsp3) is 0.731. The highest BCUT2D eigenvalue weighted by Crippen LogP contribution is 2.45.